The van der Waals surface area contributed by atoms with Gasteiger partial charge in [0, 0.05) is 30.3 Å². The molecule has 1 heterocycles. The van der Waals surface area contributed by atoms with Crippen molar-refractivity contribution < 1.29 is 31.1 Å². The number of aromatic amines is 1. The third-order valence-electron chi connectivity index (χ3n) is 4.38. The maximum absolute atomic E-state index is 12.9. The van der Waals surface area contributed by atoms with Crippen molar-refractivity contribution in [2.75, 3.05) is 12.3 Å². The van der Waals surface area contributed by atoms with E-state index in [1.165, 1.54) is 43.0 Å². The van der Waals surface area contributed by atoms with Crippen molar-refractivity contribution >= 4 is 17.7 Å². The van der Waals surface area contributed by atoms with Crippen LogP contribution in [0.1, 0.15) is 18.1 Å². The topological polar surface area (TPSA) is 57.8 Å². The fraction of sp³-hybridized carbons (Fsp3) is 0.238. The summed E-state index contributed by atoms with van der Waals surface area (Å²) in [5.41, 5.74) is -0.187. The van der Waals surface area contributed by atoms with Gasteiger partial charge in [-0.25, -0.2) is 4.98 Å². The lowest BCUT2D eigenvalue weighted by Crippen LogP contribution is -2.22. The Morgan fingerprint density at radius 1 is 0.906 bits per heavy atom. The number of hydrogen-bond donors (Lipinski definition) is 2. The van der Waals surface area contributed by atoms with E-state index in [2.05, 4.69) is 15.3 Å². The molecule has 170 valence electrons. The molecule has 0 bridgehead atoms. The van der Waals surface area contributed by atoms with Crippen LogP contribution in [0.2, 0.25) is 0 Å². The largest absolute Gasteiger partial charge is 0.416 e. The molecule has 0 saturated heterocycles. The number of amides is 1. The minimum Gasteiger partial charge on any atom is -0.356 e. The van der Waals surface area contributed by atoms with Crippen LogP contribution in [0.15, 0.2) is 53.7 Å². The molecular formula is C21H17F6N3OS. The Balaban J connectivity index is 1.96. The summed E-state index contributed by atoms with van der Waals surface area (Å²) >= 11 is 1.26. The zero-order valence-electron chi connectivity index (χ0n) is 16.6. The molecule has 0 unspecified atom stereocenters. The van der Waals surface area contributed by atoms with Gasteiger partial charge in [0.2, 0.25) is 5.91 Å². The van der Waals surface area contributed by atoms with E-state index in [0.29, 0.717) is 40.0 Å². The second-order valence-corrected chi connectivity index (χ2v) is 7.83. The molecule has 0 fully saturated rings. The highest BCUT2D eigenvalue weighted by atomic mass is 32.2. The predicted molar refractivity (Wildman–Crippen MR) is 109 cm³/mol. The summed E-state index contributed by atoms with van der Waals surface area (Å²) in [4.78, 5) is 18.4. The lowest BCUT2D eigenvalue weighted by molar-refractivity contribution is -0.138. The van der Waals surface area contributed by atoms with E-state index in [9.17, 15) is 31.1 Å². The average molecular weight is 473 g/mol. The predicted octanol–water partition coefficient (Wildman–Crippen LogP) is 6.01. The third-order valence-corrected chi connectivity index (χ3v) is 5.26. The van der Waals surface area contributed by atoms with Crippen LogP contribution in [-0.4, -0.2) is 28.2 Å². The van der Waals surface area contributed by atoms with E-state index in [-0.39, 0.29) is 5.91 Å². The van der Waals surface area contributed by atoms with Gasteiger partial charge in [-0.1, -0.05) is 36.0 Å². The number of rotatable bonds is 6. The second kappa shape index (κ2) is 9.27. The first kappa shape index (κ1) is 23.7. The minimum absolute atomic E-state index is 0.194. The Morgan fingerprint density at radius 2 is 1.41 bits per heavy atom. The summed E-state index contributed by atoms with van der Waals surface area (Å²) in [6.45, 7) is 1.74. The third kappa shape index (κ3) is 5.84. The van der Waals surface area contributed by atoms with Crippen LogP contribution in [0.5, 0.6) is 0 Å². The van der Waals surface area contributed by atoms with E-state index >= 15 is 0 Å². The average Bonchev–Trinajstić information content (AvgIpc) is 3.14. The number of halogens is 6. The molecule has 0 aliphatic rings. The summed E-state index contributed by atoms with van der Waals surface area (Å²) in [5.74, 6) is 0.271. The number of benzene rings is 2. The van der Waals surface area contributed by atoms with Crippen molar-refractivity contribution in [1.29, 1.82) is 0 Å². The Hall–Kier alpha value is -2.95. The number of imidazole rings is 1. The summed E-state index contributed by atoms with van der Waals surface area (Å²) in [6, 6.07) is 8.77. The van der Waals surface area contributed by atoms with Crippen LogP contribution in [0, 0.1) is 0 Å². The molecule has 0 spiro atoms. The smallest absolute Gasteiger partial charge is 0.356 e. The maximum Gasteiger partial charge on any atom is 0.416 e. The molecule has 0 radical (unpaired) electrons. The molecule has 4 nitrogen and oxygen atoms in total. The van der Waals surface area contributed by atoms with Gasteiger partial charge >= 0.3 is 12.4 Å². The Morgan fingerprint density at radius 3 is 1.88 bits per heavy atom. The molecule has 2 aromatic carbocycles. The highest BCUT2D eigenvalue weighted by Crippen LogP contribution is 2.36. The van der Waals surface area contributed by atoms with Gasteiger partial charge in [-0.05, 0) is 24.3 Å². The molecule has 0 atom stereocenters. The van der Waals surface area contributed by atoms with E-state index in [4.69, 9.17) is 0 Å². The van der Waals surface area contributed by atoms with E-state index < -0.39 is 23.5 Å². The van der Waals surface area contributed by atoms with Gasteiger partial charge in [-0.3, -0.25) is 4.79 Å². The van der Waals surface area contributed by atoms with E-state index in [0.717, 1.165) is 24.3 Å². The summed E-state index contributed by atoms with van der Waals surface area (Å²) in [5, 5.41) is 3.04. The molecule has 0 aliphatic heterocycles. The van der Waals surface area contributed by atoms with E-state index in [1.54, 1.807) is 0 Å². The summed E-state index contributed by atoms with van der Waals surface area (Å²) in [6.07, 6.45) is -8.99. The van der Waals surface area contributed by atoms with Gasteiger partial charge < -0.3 is 10.3 Å². The molecule has 1 amide bonds. The zero-order valence-corrected chi connectivity index (χ0v) is 17.4. The number of aromatic nitrogens is 2. The molecule has 0 aliphatic carbocycles. The molecule has 11 heteroatoms. The monoisotopic (exact) mass is 473 g/mol. The highest BCUT2D eigenvalue weighted by molar-refractivity contribution is 7.99. The molecule has 3 rings (SSSR count). The highest BCUT2D eigenvalue weighted by Gasteiger charge is 2.31. The van der Waals surface area contributed by atoms with Gasteiger partial charge in [0.25, 0.3) is 0 Å². The molecule has 0 saturated carbocycles. The Bertz CT molecular complexity index is 998. The second-order valence-electron chi connectivity index (χ2n) is 6.75. The first-order valence-corrected chi connectivity index (χ1v) is 10.3. The van der Waals surface area contributed by atoms with Crippen LogP contribution in [0.25, 0.3) is 22.5 Å². The van der Waals surface area contributed by atoms with Crippen molar-refractivity contribution in [2.45, 2.75) is 24.4 Å². The van der Waals surface area contributed by atoms with Crippen LogP contribution in [-0.2, 0) is 17.1 Å². The van der Waals surface area contributed by atoms with Crippen molar-refractivity contribution in [3.05, 3.63) is 59.7 Å². The number of carbonyl (C=O) groups excluding carboxylic acids is 1. The first-order chi connectivity index (χ1) is 14.9. The van der Waals surface area contributed by atoms with Crippen molar-refractivity contribution in [2.24, 2.45) is 0 Å². The minimum atomic E-state index is -4.49. The first-order valence-electron chi connectivity index (χ1n) is 9.27. The van der Waals surface area contributed by atoms with Gasteiger partial charge in [-0.2, -0.15) is 26.3 Å². The fourth-order valence-corrected chi connectivity index (χ4v) is 3.58. The normalized spacial score (nSPS) is 12.1. The van der Waals surface area contributed by atoms with Crippen LogP contribution >= 0.6 is 11.8 Å². The molecule has 2 N–H and O–H groups in total. The standard InChI is InChI=1S/C21H17F6N3OS/c1-12(31)28-10-11-32-19-29-17(13-2-6-15(7-3-13)20(22,23)24)18(30-19)14-4-8-16(9-5-14)21(25,26)27/h2-9H,10-11H2,1H3,(H,28,31)(H,29,30). The summed E-state index contributed by atoms with van der Waals surface area (Å²) < 4.78 is 77.3. The Kier molecular flexibility index (Phi) is 6.87. The molecule has 3 aromatic rings. The maximum atomic E-state index is 12.9. The molecular weight excluding hydrogens is 456 g/mol. The lowest BCUT2D eigenvalue weighted by Gasteiger charge is -2.09. The van der Waals surface area contributed by atoms with Crippen molar-refractivity contribution in [3.8, 4) is 22.5 Å². The van der Waals surface area contributed by atoms with Crippen LogP contribution in [0.4, 0.5) is 26.3 Å². The van der Waals surface area contributed by atoms with E-state index in [1.807, 2.05) is 0 Å². The number of nitrogens with one attached hydrogen (secondary N) is 2. The van der Waals surface area contributed by atoms with Crippen LogP contribution in [0.3, 0.4) is 0 Å². The quantitative estimate of drug-likeness (QED) is 0.262. The Labute approximate surface area is 183 Å². The number of carbonyl (C=O) groups is 1. The van der Waals surface area contributed by atoms with Crippen molar-refractivity contribution in [1.82, 2.24) is 15.3 Å². The number of thioether (sulfide) groups is 1. The zero-order chi connectivity index (χ0) is 23.5. The van der Waals surface area contributed by atoms with Gasteiger partial charge in [0.1, 0.15) is 0 Å². The SMILES string of the molecule is CC(=O)NCCSc1nc(-c2ccc(C(F)(F)F)cc2)c(-c2ccc(C(F)(F)F)cc2)[nH]1. The van der Waals surface area contributed by atoms with Crippen LogP contribution < -0.4 is 5.32 Å². The summed E-state index contributed by atoms with van der Waals surface area (Å²) in [7, 11) is 0. The van der Waals surface area contributed by atoms with Gasteiger partial charge in [0.05, 0.1) is 22.5 Å². The fourth-order valence-electron chi connectivity index (χ4n) is 2.86. The van der Waals surface area contributed by atoms with Crippen molar-refractivity contribution in [3.63, 3.8) is 0 Å². The number of alkyl halides is 6. The van der Waals surface area contributed by atoms with Gasteiger partial charge in [0.15, 0.2) is 5.16 Å². The number of H-pyrrole nitrogens is 1. The number of nitrogens with zero attached hydrogens (tertiary/aromatic N) is 1. The number of hydrogen-bond acceptors (Lipinski definition) is 3. The molecule has 1 aromatic heterocycles. The van der Waals surface area contributed by atoms with Gasteiger partial charge in [-0.15, -0.1) is 0 Å². The lowest BCUT2D eigenvalue weighted by atomic mass is 10.0. The molecule has 32 heavy (non-hydrogen) atoms.